The van der Waals surface area contributed by atoms with Gasteiger partial charge in [-0.1, -0.05) is 24.3 Å². The molecule has 0 N–H and O–H groups in total. The van der Waals surface area contributed by atoms with Gasteiger partial charge in [0.25, 0.3) is 0 Å². The topological polar surface area (TPSA) is 60.4 Å². The van der Waals surface area contributed by atoms with Gasteiger partial charge in [-0.3, -0.25) is 4.79 Å². The molecule has 0 fully saturated rings. The Morgan fingerprint density at radius 2 is 1.74 bits per heavy atom. The maximum atomic E-state index is 12.2. The Kier molecular flexibility index (Phi) is 5.30. The van der Waals surface area contributed by atoms with Gasteiger partial charge in [0.2, 0.25) is 0 Å². The molecule has 2 atom stereocenters. The van der Waals surface area contributed by atoms with Crippen LogP contribution >= 0.6 is 0 Å². The Balaban J connectivity index is 2.80. The zero-order valence-electron chi connectivity index (χ0n) is 11.2. The number of hydrogen-bond donors (Lipinski definition) is 0. The lowest BCUT2D eigenvalue weighted by Crippen LogP contribution is -2.17. The third-order valence-electron chi connectivity index (χ3n) is 2.57. The quantitative estimate of drug-likeness (QED) is 0.614. The molecule has 0 bridgehead atoms. The standard InChI is InChI=1S/C14H18O4S/c1-11(18-13(3)15)9-10-12(2)19(16,17)14-7-5-4-6-8-14/h4-12H,1-3H3/b10-9+/t11-,12+/m0/s1. The minimum atomic E-state index is -3.39. The van der Waals surface area contributed by atoms with Crippen molar-refractivity contribution in [3.8, 4) is 0 Å². The summed E-state index contributed by atoms with van der Waals surface area (Å²) in [6.07, 6.45) is 2.67. The highest BCUT2D eigenvalue weighted by Crippen LogP contribution is 2.16. The number of rotatable bonds is 5. The van der Waals surface area contributed by atoms with E-state index < -0.39 is 27.2 Å². The second-order valence-corrected chi connectivity index (χ2v) is 6.57. The highest BCUT2D eigenvalue weighted by Gasteiger charge is 2.20. The second kappa shape index (κ2) is 6.52. The van der Waals surface area contributed by atoms with Crippen LogP contribution in [0.15, 0.2) is 47.4 Å². The summed E-state index contributed by atoms with van der Waals surface area (Å²) in [5.74, 6) is -0.393. The van der Waals surface area contributed by atoms with Gasteiger partial charge < -0.3 is 4.74 Å². The molecule has 0 saturated heterocycles. The number of sulfone groups is 1. The molecule has 104 valence electrons. The number of benzene rings is 1. The first-order valence-corrected chi connectivity index (χ1v) is 7.53. The molecule has 5 heteroatoms. The lowest BCUT2D eigenvalue weighted by molar-refractivity contribution is -0.143. The minimum absolute atomic E-state index is 0.285. The smallest absolute Gasteiger partial charge is 0.303 e. The predicted octanol–water partition coefficient (Wildman–Crippen LogP) is 2.36. The van der Waals surface area contributed by atoms with Gasteiger partial charge in [-0.15, -0.1) is 0 Å². The molecule has 0 aliphatic rings. The Bertz CT molecular complexity index is 546. The summed E-state index contributed by atoms with van der Waals surface area (Å²) < 4.78 is 29.3. The fourth-order valence-corrected chi connectivity index (χ4v) is 2.81. The average Bonchev–Trinajstić information content (AvgIpc) is 2.36. The second-order valence-electron chi connectivity index (χ2n) is 4.26. The first kappa shape index (κ1) is 15.4. The molecule has 0 spiro atoms. The molecule has 19 heavy (non-hydrogen) atoms. The number of carbonyl (C=O) groups is 1. The molecule has 1 aromatic rings. The van der Waals surface area contributed by atoms with Crippen LogP contribution in [0.4, 0.5) is 0 Å². The summed E-state index contributed by atoms with van der Waals surface area (Å²) in [6, 6.07) is 8.27. The average molecular weight is 282 g/mol. The van der Waals surface area contributed by atoms with E-state index in [-0.39, 0.29) is 4.90 Å². The van der Waals surface area contributed by atoms with Crippen molar-refractivity contribution in [3.05, 3.63) is 42.5 Å². The van der Waals surface area contributed by atoms with E-state index in [0.29, 0.717) is 0 Å². The van der Waals surface area contributed by atoms with Crippen LogP contribution in [0.25, 0.3) is 0 Å². The SMILES string of the molecule is CC(=O)O[C@@H](C)/C=C/[C@@H](C)S(=O)(=O)c1ccccc1. The van der Waals surface area contributed by atoms with Crippen LogP contribution in [0.1, 0.15) is 20.8 Å². The summed E-state index contributed by atoms with van der Waals surface area (Å²) in [7, 11) is -3.39. The lowest BCUT2D eigenvalue weighted by atomic mass is 10.3. The highest BCUT2D eigenvalue weighted by molar-refractivity contribution is 7.92. The lowest BCUT2D eigenvalue weighted by Gasteiger charge is -2.10. The largest absolute Gasteiger partial charge is 0.459 e. The Morgan fingerprint density at radius 1 is 1.16 bits per heavy atom. The molecular formula is C14H18O4S. The summed E-state index contributed by atoms with van der Waals surface area (Å²) in [5, 5.41) is -0.673. The fourth-order valence-electron chi connectivity index (χ4n) is 1.54. The first-order chi connectivity index (χ1) is 8.84. The van der Waals surface area contributed by atoms with Crippen LogP contribution in [-0.4, -0.2) is 25.7 Å². The fraction of sp³-hybridized carbons (Fsp3) is 0.357. The number of esters is 1. The predicted molar refractivity (Wildman–Crippen MR) is 73.5 cm³/mol. The van der Waals surface area contributed by atoms with Gasteiger partial charge in [0.05, 0.1) is 10.1 Å². The van der Waals surface area contributed by atoms with E-state index in [0.717, 1.165) is 0 Å². The monoisotopic (exact) mass is 282 g/mol. The van der Waals surface area contributed by atoms with Crippen LogP contribution in [0.3, 0.4) is 0 Å². The Morgan fingerprint density at radius 3 is 2.26 bits per heavy atom. The van der Waals surface area contributed by atoms with Crippen molar-refractivity contribution in [1.82, 2.24) is 0 Å². The molecule has 0 amide bonds. The van der Waals surface area contributed by atoms with Crippen LogP contribution in [-0.2, 0) is 19.4 Å². The van der Waals surface area contributed by atoms with Crippen molar-refractivity contribution in [2.45, 2.75) is 37.0 Å². The number of hydrogen-bond acceptors (Lipinski definition) is 4. The summed E-state index contributed by atoms with van der Waals surface area (Å²) >= 11 is 0. The van der Waals surface area contributed by atoms with E-state index in [1.165, 1.54) is 13.0 Å². The van der Waals surface area contributed by atoms with E-state index >= 15 is 0 Å². The van der Waals surface area contributed by atoms with Crippen molar-refractivity contribution in [3.63, 3.8) is 0 Å². The number of carbonyl (C=O) groups excluding carboxylic acids is 1. The maximum absolute atomic E-state index is 12.2. The molecule has 0 heterocycles. The molecule has 4 nitrogen and oxygen atoms in total. The maximum Gasteiger partial charge on any atom is 0.303 e. The Hall–Kier alpha value is -1.62. The minimum Gasteiger partial charge on any atom is -0.459 e. The van der Waals surface area contributed by atoms with Gasteiger partial charge in [0, 0.05) is 6.92 Å². The molecule has 0 aliphatic carbocycles. The van der Waals surface area contributed by atoms with E-state index in [1.54, 1.807) is 50.3 Å². The normalized spacial score (nSPS) is 15.1. The highest BCUT2D eigenvalue weighted by atomic mass is 32.2. The van der Waals surface area contributed by atoms with Gasteiger partial charge in [0.1, 0.15) is 6.10 Å². The molecule has 0 aliphatic heterocycles. The van der Waals surface area contributed by atoms with E-state index in [1.807, 2.05) is 0 Å². The Labute approximate surface area is 114 Å². The molecule has 0 saturated carbocycles. The van der Waals surface area contributed by atoms with Crippen LogP contribution in [0.2, 0.25) is 0 Å². The van der Waals surface area contributed by atoms with Crippen LogP contribution in [0, 0.1) is 0 Å². The molecule has 0 radical (unpaired) electrons. The summed E-state index contributed by atoms with van der Waals surface area (Å²) in [4.78, 5) is 11.0. The molecule has 0 unspecified atom stereocenters. The molecule has 1 rings (SSSR count). The van der Waals surface area contributed by atoms with Gasteiger partial charge in [-0.05, 0) is 32.1 Å². The number of ether oxygens (including phenoxy) is 1. The summed E-state index contributed by atoms with van der Waals surface area (Å²) in [6.45, 7) is 4.59. The van der Waals surface area contributed by atoms with Crippen molar-refractivity contribution in [2.75, 3.05) is 0 Å². The van der Waals surface area contributed by atoms with Gasteiger partial charge in [0.15, 0.2) is 9.84 Å². The van der Waals surface area contributed by atoms with E-state index in [4.69, 9.17) is 4.74 Å². The summed E-state index contributed by atoms with van der Waals surface area (Å²) in [5.41, 5.74) is 0. The van der Waals surface area contributed by atoms with Gasteiger partial charge in [-0.25, -0.2) is 8.42 Å². The van der Waals surface area contributed by atoms with Crippen LogP contribution in [0.5, 0.6) is 0 Å². The molecule has 1 aromatic carbocycles. The van der Waals surface area contributed by atoms with E-state index in [2.05, 4.69) is 0 Å². The van der Waals surface area contributed by atoms with Crippen molar-refractivity contribution < 1.29 is 17.9 Å². The van der Waals surface area contributed by atoms with E-state index in [9.17, 15) is 13.2 Å². The molecular weight excluding hydrogens is 264 g/mol. The first-order valence-electron chi connectivity index (χ1n) is 5.98. The van der Waals surface area contributed by atoms with Crippen LogP contribution < -0.4 is 0 Å². The van der Waals surface area contributed by atoms with Gasteiger partial charge in [-0.2, -0.15) is 0 Å². The van der Waals surface area contributed by atoms with Crippen molar-refractivity contribution in [2.24, 2.45) is 0 Å². The van der Waals surface area contributed by atoms with Crippen molar-refractivity contribution >= 4 is 15.8 Å². The third kappa shape index (κ3) is 4.52. The zero-order valence-corrected chi connectivity index (χ0v) is 12.1. The van der Waals surface area contributed by atoms with Gasteiger partial charge >= 0.3 is 5.97 Å². The molecule has 0 aromatic heterocycles. The zero-order chi connectivity index (χ0) is 14.5. The third-order valence-corrected chi connectivity index (χ3v) is 4.63. The van der Waals surface area contributed by atoms with Crippen molar-refractivity contribution in [1.29, 1.82) is 0 Å².